The van der Waals surface area contributed by atoms with Crippen LogP contribution in [0.3, 0.4) is 0 Å². The first kappa shape index (κ1) is 21.7. The quantitative estimate of drug-likeness (QED) is 0.227. The molecule has 6 rings (SSSR count). The molecule has 0 radical (unpaired) electrons. The lowest BCUT2D eigenvalue weighted by Crippen LogP contribution is -2.25. The molecule has 3 aromatic carbocycles. The summed E-state index contributed by atoms with van der Waals surface area (Å²) in [4.78, 5) is 11.6. The van der Waals surface area contributed by atoms with E-state index in [0.29, 0.717) is 11.5 Å². The number of fused-ring (bicyclic) bond motifs is 8. The van der Waals surface area contributed by atoms with Crippen LogP contribution in [0, 0.1) is 0 Å². The van der Waals surface area contributed by atoms with Gasteiger partial charge in [-0.1, -0.05) is 51.0 Å². The van der Waals surface area contributed by atoms with E-state index in [4.69, 9.17) is 13.8 Å². The van der Waals surface area contributed by atoms with Gasteiger partial charge in [0.1, 0.15) is 11.1 Å². The molecule has 0 amide bonds. The number of anilines is 1. The Morgan fingerprint density at radius 1 is 0.800 bits per heavy atom. The van der Waals surface area contributed by atoms with Crippen molar-refractivity contribution in [3.8, 4) is 11.5 Å². The van der Waals surface area contributed by atoms with E-state index in [1.807, 2.05) is 18.2 Å². The van der Waals surface area contributed by atoms with Gasteiger partial charge in [-0.25, -0.2) is 4.98 Å². The fraction of sp³-hybridized carbons (Fsp3) is 0.267. The molecule has 3 aromatic heterocycles. The molecule has 35 heavy (non-hydrogen) atoms. The van der Waals surface area contributed by atoms with E-state index < -0.39 is 0 Å². The highest BCUT2D eigenvalue weighted by molar-refractivity contribution is 6.28. The van der Waals surface area contributed by atoms with Gasteiger partial charge in [0, 0.05) is 53.4 Å². The topological polar surface area (TPSA) is 55.3 Å². The van der Waals surface area contributed by atoms with Gasteiger partial charge in [-0.2, -0.15) is 0 Å². The lowest BCUT2D eigenvalue weighted by Gasteiger charge is -2.24. The summed E-state index contributed by atoms with van der Waals surface area (Å²) in [6, 6.07) is 18.9. The van der Waals surface area contributed by atoms with E-state index in [2.05, 4.69) is 60.1 Å². The van der Waals surface area contributed by atoms with Crippen molar-refractivity contribution in [2.75, 3.05) is 18.0 Å². The maximum absolute atomic E-state index is 6.55. The predicted octanol–water partition coefficient (Wildman–Crippen LogP) is 8.35. The van der Waals surface area contributed by atoms with Gasteiger partial charge in [0.15, 0.2) is 11.2 Å². The van der Waals surface area contributed by atoms with Gasteiger partial charge in [-0.15, -0.1) is 0 Å². The molecule has 6 aromatic rings. The summed E-state index contributed by atoms with van der Waals surface area (Å²) in [5.41, 5.74) is 5.20. The number of benzene rings is 3. The number of unbranched alkanes of at least 4 members (excludes halogenated alkanes) is 2. The molecule has 0 aliphatic rings. The Hall–Kier alpha value is -3.86. The van der Waals surface area contributed by atoms with E-state index in [9.17, 15) is 0 Å². The normalized spacial score (nSPS) is 11.8. The number of aromatic nitrogens is 2. The van der Waals surface area contributed by atoms with Gasteiger partial charge in [0.2, 0.25) is 5.89 Å². The van der Waals surface area contributed by atoms with Crippen LogP contribution >= 0.6 is 0 Å². The third kappa shape index (κ3) is 3.72. The minimum Gasteiger partial charge on any atom is -0.452 e. The second-order valence-corrected chi connectivity index (χ2v) is 9.16. The summed E-state index contributed by atoms with van der Waals surface area (Å²) in [6.07, 6.45) is 8.26. The van der Waals surface area contributed by atoms with Crippen LogP contribution in [0.4, 0.5) is 5.69 Å². The van der Waals surface area contributed by atoms with Crippen LogP contribution in [0.2, 0.25) is 0 Å². The molecule has 0 bridgehead atoms. The maximum atomic E-state index is 6.55. The summed E-state index contributed by atoms with van der Waals surface area (Å²) in [5.74, 6) is 0.553. The molecular weight excluding hydrogens is 434 g/mol. The van der Waals surface area contributed by atoms with Gasteiger partial charge in [-0.05, 0) is 42.5 Å². The van der Waals surface area contributed by atoms with Crippen molar-refractivity contribution in [2.24, 2.45) is 0 Å². The SMILES string of the molecule is CCCCN(CCCC)c1ccc2c(c1)oc1c3oc(-c4cccnc4)nc3c3ccccc3c21. The Balaban J connectivity index is 1.59. The number of rotatable bonds is 8. The van der Waals surface area contributed by atoms with E-state index in [0.717, 1.165) is 56.9 Å². The van der Waals surface area contributed by atoms with Crippen LogP contribution in [-0.2, 0) is 0 Å². The summed E-state index contributed by atoms with van der Waals surface area (Å²) >= 11 is 0. The number of furan rings is 1. The Kier molecular flexibility index (Phi) is 5.61. The molecule has 3 heterocycles. The van der Waals surface area contributed by atoms with Crippen LogP contribution in [0.1, 0.15) is 39.5 Å². The van der Waals surface area contributed by atoms with E-state index >= 15 is 0 Å². The molecule has 0 unspecified atom stereocenters. The van der Waals surface area contributed by atoms with E-state index in [1.54, 1.807) is 12.4 Å². The second kappa shape index (κ2) is 9.06. The molecule has 0 spiro atoms. The molecule has 0 aliphatic heterocycles. The fourth-order valence-corrected chi connectivity index (χ4v) is 4.95. The van der Waals surface area contributed by atoms with Crippen molar-refractivity contribution in [3.63, 3.8) is 0 Å². The molecule has 0 atom stereocenters. The van der Waals surface area contributed by atoms with Gasteiger partial charge in [0.25, 0.3) is 0 Å². The maximum Gasteiger partial charge on any atom is 0.229 e. The zero-order valence-electron chi connectivity index (χ0n) is 20.3. The second-order valence-electron chi connectivity index (χ2n) is 9.16. The number of oxazole rings is 1. The Morgan fingerprint density at radius 3 is 2.34 bits per heavy atom. The average Bonchev–Trinajstić information content (AvgIpc) is 3.52. The predicted molar refractivity (Wildman–Crippen MR) is 144 cm³/mol. The lowest BCUT2D eigenvalue weighted by atomic mass is 10.0. The molecule has 0 aliphatic carbocycles. The molecular formula is C30H29N3O2. The highest BCUT2D eigenvalue weighted by Gasteiger charge is 2.21. The highest BCUT2D eigenvalue weighted by Crippen LogP contribution is 2.42. The molecule has 0 N–H and O–H groups in total. The largest absolute Gasteiger partial charge is 0.452 e. The lowest BCUT2D eigenvalue weighted by molar-refractivity contribution is 0.603. The van der Waals surface area contributed by atoms with Gasteiger partial charge in [-0.3, -0.25) is 4.98 Å². The minimum atomic E-state index is 0.553. The minimum absolute atomic E-state index is 0.553. The number of hydrogen-bond acceptors (Lipinski definition) is 5. The Morgan fingerprint density at radius 2 is 1.60 bits per heavy atom. The third-order valence-electron chi connectivity index (χ3n) is 6.80. The molecule has 0 saturated heterocycles. The zero-order chi connectivity index (χ0) is 23.8. The van der Waals surface area contributed by atoms with Gasteiger partial charge >= 0.3 is 0 Å². The van der Waals surface area contributed by atoms with Crippen molar-refractivity contribution < 1.29 is 8.83 Å². The summed E-state index contributed by atoms with van der Waals surface area (Å²) in [6.45, 7) is 6.61. The molecule has 0 saturated carbocycles. The standard InChI is InChI=1S/C30H29N3O2/c1-3-5-16-33(17-6-4-2)21-13-14-24-25(18-21)34-28-26(24)22-11-7-8-12-23(22)27-29(28)35-30(32-27)20-10-9-15-31-19-20/h7-15,18-19H,3-6,16-17H2,1-2H3. The van der Waals surface area contributed by atoms with Crippen LogP contribution in [0.15, 0.2) is 75.8 Å². The number of pyridine rings is 1. The first-order valence-electron chi connectivity index (χ1n) is 12.6. The molecule has 176 valence electrons. The Labute approximate surface area is 204 Å². The van der Waals surface area contributed by atoms with Gasteiger partial charge in [0.05, 0.1) is 5.56 Å². The molecule has 0 fully saturated rings. The van der Waals surface area contributed by atoms with Crippen LogP contribution in [0.5, 0.6) is 0 Å². The summed E-state index contributed by atoms with van der Waals surface area (Å²) in [5, 5.41) is 4.37. The monoisotopic (exact) mass is 463 g/mol. The molecule has 5 nitrogen and oxygen atoms in total. The van der Waals surface area contributed by atoms with Crippen LogP contribution < -0.4 is 4.90 Å². The van der Waals surface area contributed by atoms with E-state index in [1.165, 1.54) is 31.4 Å². The van der Waals surface area contributed by atoms with Crippen molar-refractivity contribution in [3.05, 3.63) is 67.0 Å². The zero-order valence-corrected chi connectivity index (χ0v) is 20.3. The molecule has 5 heteroatoms. The number of nitrogens with zero attached hydrogens (tertiary/aromatic N) is 3. The van der Waals surface area contributed by atoms with Crippen molar-refractivity contribution >= 4 is 49.5 Å². The fourth-order valence-electron chi connectivity index (χ4n) is 4.95. The van der Waals surface area contributed by atoms with Crippen LogP contribution in [0.25, 0.3) is 55.3 Å². The first-order valence-corrected chi connectivity index (χ1v) is 12.6. The smallest absolute Gasteiger partial charge is 0.229 e. The van der Waals surface area contributed by atoms with Crippen LogP contribution in [-0.4, -0.2) is 23.1 Å². The third-order valence-corrected chi connectivity index (χ3v) is 6.80. The van der Waals surface area contributed by atoms with Crippen molar-refractivity contribution in [1.82, 2.24) is 9.97 Å². The summed E-state index contributed by atoms with van der Waals surface area (Å²) in [7, 11) is 0. The number of hydrogen-bond donors (Lipinski definition) is 0. The summed E-state index contributed by atoms with van der Waals surface area (Å²) < 4.78 is 12.9. The van der Waals surface area contributed by atoms with Gasteiger partial charge < -0.3 is 13.7 Å². The Bertz CT molecular complexity index is 1620. The average molecular weight is 464 g/mol. The van der Waals surface area contributed by atoms with E-state index in [-0.39, 0.29) is 0 Å². The van der Waals surface area contributed by atoms with Crippen molar-refractivity contribution in [2.45, 2.75) is 39.5 Å². The first-order chi connectivity index (χ1) is 17.3. The highest BCUT2D eigenvalue weighted by atomic mass is 16.4. The van der Waals surface area contributed by atoms with Crippen molar-refractivity contribution in [1.29, 1.82) is 0 Å².